The summed E-state index contributed by atoms with van der Waals surface area (Å²) < 4.78 is 23.6. The van der Waals surface area contributed by atoms with Crippen LogP contribution in [-0.4, -0.2) is 73.4 Å². The van der Waals surface area contributed by atoms with Gasteiger partial charge in [-0.25, -0.2) is 4.57 Å². The van der Waals surface area contributed by atoms with E-state index in [0.717, 1.165) is 83.5 Å². The molecule has 0 aromatic rings. The van der Waals surface area contributed by atoms with Gasteiger partial charge in [-0.3, -0.25) is 13.8 Å². The quantitative estimate of drug-likeness (QED) is 0.0243. The molecule has 1 amide bonds. The number of phosphoric ester groups is 1. The van der Waals surface area contributed by atoms with Gasteiger partial charge in [-0.1, -0.05) is 207 Å². The number of hydrogen-bond acceptors (Lipinski definition) is 5. The first kappa shape index (κ1) is 61.2. The number of unbranched alkanes of at least 4 members (excludes halogenated alkanes) is 13. The summed E-state index contributed by atoms with van der Waals surface area (Å²) in [4.78, 5) is 23.2. The van der Waals surface area contributed by atoms with Gasteiger partial charge in [-0.15, -0.1) is 0 Å². The molecule has 0 fully saturated rings. The largest absolute Gasteiger partial charge is 0.472 e. The normalized spacial score (nSPS) is 15.0. The van der Waals surface area contributed by atoms with Gasteiger partial charge in [0.25, 0.3) is 0 Å². The van der Waals surface area contributed by atoms with E-state index in [-0.39, 0.29) is 19.1 Å². The summed E-state index contributed by atoms with van der Waals surface area (Å²) in [6.45, 7) is 4.70. The molecule has 0 aromatic carbocycles. The van der Waals surface area contributed by atoms with Gasteiger partial charge in [0.2, 0.25) is 5.91 Å². The lowest BCUT2D eigenvalue weighted by Crippen LogP contribution is -2.46. The molecule has 0 aliphatic rings. The SMILES string of the molecule is CC/C=C\C/C=C\C/C=C\C/C=C\C/C=C\C/C=C\C/C=C\C/C=C\C/C=C\CCCC(=O)NC(COP(=O)(O)OCC[N+](C)(C)C)C(O)CCCCCCCCCCCCCCC. The predicted octanol–water partition coefficient (Wildman–Crippen LogP) is 14.9. The number of quaternary nitrogens is 1. The van der Waals surface area contributed by atoms with Crippen molar-refractivity contribution in [3.63, 3.8) is 0 Å². The van der Waals surface area contributed by atoms with Crippen molar-refractivity contribution in [3.05, 3.63) is 109 Å². The van der Waals surface area contributed by atoms with Crippen LogP contribution in [0.2, 0.25) is 0 Å². The van der Waals surface area contributed by atoms with Gasteiger partial charge in [0.05, 0.1) is 39.9 Å². The summed E-state index contributed by atoms with van der Waals surface area (Å²) >= 11 is 0. The zero-order valence-electron chi connectivity index (χ0n) is 41.5. The standard InChI is InChI=1S/C55H95N2O6P/c1-6-8-10-12-14-16-18-20-21-22-23-24-25-26-27-28-29-30-31-32-33-34-35-37-39-41-43-45-47-49-55(59)56-53(52-63-64(60,61)62-51-50-57(3,4)5)54(58)48-46-44-42-40-38-36-19-17-15-13-11-9-7-2/h8,10,14,16,20-21,23-24,26-27,29-30,32-33,35,37,41,43,53-54,58H,6-7,9,11-13,15,17-19,22,25,28,31,34,36,38-40,42,44-52H2,1-5H3,(H-,56,59,60,61)/p+1/b10-8-,16-14-,21-20-,24-23-,27-26-,30-29-,33-32-,37-35-,43-41-. The molecule has 0 spiro atoms. The third-order valence-corrected chi connectivity index (χ3v) is 11.5. The monoisotopic (exact) mass is 912 g/mol. The Balaban J connectivity index is 4.38. The van der Waals surface area contributed by atoms with Crippen LogP contribution in [0.25, 0.3) is 0 Å². The minimum absolute atomic E-state index is 0.0574. The molecule has 3 N–H and O–H groups in total. The van der Waals surface area contributed by atoms with Crippen molar-refractivity contribution < 1.29 is 32.9 Å². The van der Waals surface area contributed by atoms with Crippen LogP contribution in [0.1, 0.15) is 181 Å². The molecule has 0 aliphatic carbocycles. The minimum Gasteiger partial charge on any atom is -0.391 e. The number of nitrogens with one attached hydrogen (secondary N) is 1. The number of likely N-dealkylation sites (N-methyl/N-ethyl adjacent to an activating group) is 1. The Morgan fingerprint density at radius 1 is 0.547 bits per heavy atom. The molecular formula is C55H96N2O6P+. The minimum atomic E-state index is -4.34. The first-order valence-corrected chi connectivity index (χ1v) is 26.7. The summed E-state index contributed by atoms with van der Waals surface area (Å²) in [5.74, 6) is -0.208. The Hall–Kier alpha value is -2.84. The second-order valence-electron chi connectivity index (χ2n) is 17.8. The van der Waals surface area contributed by atoms with E-state index in [0.29, 0.717) is 30.3 Å². The average Bonchev–Trinajstić information content (AvgIpc) is 3.25. The lowest BCUT2D eigenvalue weighted by Gasteiger charge is -2.26. The summed E-state index contributed by atoms with van der Waals surface area (Å²) in [6, 6.07) is -0.798. The van der Waals surface area contributed by atoms with Gasteiger partial charge in [0.15, 0.2) is 0 Å². The van der Waals surface area contributed by atoms with Gasteiger partial charge in [-0.05, 0) is 77.0 Å². The molecule has 366 valence electrons. The second-order valence-corrected chi connectivity index (χ2v) is 19.3. The summed E-state index contributed by atoms with van der Waals surface area (Å²) in [7, 11) is 1.56. The third-order valence-electron chi connectivity index (χ3n) is 10.5. The van der Waals surface area contributed by atoms with Crippen LogP contribution in [0.4, 0.5) is 0 Å². The highest BCUT2D eigenvalue weighted by Crippen LogP contribution is 2.43. The maximum absolute atomic E-state index is 12.9. The van der Waals surface area contributed by atoms with Gasteiger partial charge >= 0.3 is 7.82 Å². The number of rotatable bonds is 44. The first-order valence-electron chi connectivity index (χ1n) is 25.3. The van der Waals surface area contributed by atoms with Gasteiger partial charge in [0, 0.05) is 6.42 Å². The van der Waals surface area contributed by atoms with E-state index >= 15 is 0 Å². The van der Waals surface area contributed by atoms with Gasteiger partial charge in [-0.2, -0.15) is 0 Å². The van der Waals surface area contributed by atoms with Crippen molar-refractivity contribution in [1.82, 2.24) is 5.32 Å². The molecule has 3 unspecified atom stereocenters. The molecule has 0 radical (unpaired) electrons. The van der Waals surface area contributed by atoms with Crippen LogP contribution in [0, 0.1) is 0 Å². The van der Waals surface area contributed by atoms with Crippen LogP contribution in [-0.2, 0) is 18.4 Å². The number of aliphatic hydroxyl groups is 1. The molecule has 0 bridgehead atoms. The van der Waals surface area contributed by atoms with Crippen molar-refractivity contribution in [2.24, 2.45) is 0 Å². The van der Waals surface area contributed by atoms with E-state index in [2.05, 4.69) is 129 Å². The summed E-state index contributed by atoms with van der Waals surface area (Å²) in [6.07, 6.45) is 65.6. The Kier molecular flexibility index (Phi) is 43.3. The van der Waals surface area contributed by atoms with Crippen molar-refractivity contribution in [2.45, 2.75) is 193 Å². The zero-order valence-corrected chi connectivity index (χ0v) is 42.4. The van der Waals surface area contributed by atoms with E-state index in [9.17, 15) is 19.4 Å². The molecule has 0 aliphatic heterocycles. The van der Waals surface area contributed by atoms with E-state index in [1.807, 2.05) is 21.1 Å². The number of allylic oxidation sites excluding steroid dienone is 18. The highest BCUT2D eigenvalue weighted by Gasteiger charge is 2.28. The van der Waals surface area contributed by atoms with Gasteiger partial charge in [0.1, 0.15) is 13.2 Å². The maximum Gasteiger partial charge on any atom is 0.472 e. The predicted molar refractivity (Wildman–Crippen MR) is 276 cm³/mol. The first-order chi connectivity index (χ1) is 31.0. The highest BCUT2D eigenvalue weighted by atomic mass is 31.2. The highest BCUT2D eigenvalue weighted by molar-refractivity contribution is 7.47. The number of hydrogen-bond donors (Lipinski definition) is 3. The number of amides is 1. The van der Waals surface area contributed by atoms with E-state index < -0.39 is 20.0 Å². The Morgan fingerprint density at radius 3 is 1.31 bits per heavy atom. The number of phosphoric acid groups is 1. The van der Waals surface area contributed by atoms with E-state index in [1.165, 1.54) is 64.2 Å². The van der Waals surface area contributed by atoms with Crippen LogP contribution in [0.15, 0.2) is 109 Å². The van der Waals surface area contributed by atoms with E-state index in [1.54, 1.807) is 0 Å². The average molecular weight is 912 g/mol. The molecule has 0 saturated carbocycles. The molecule has 64 heavy (non-hydrogen) atoms. The van der Waals surface area contributed by atoms with Crippen LogP contribution < -0.4 is 5.32 Å². The molecule has 9 heteroatoms. The molecule has 8 nitrogen and oxygen atoms in total. The van der Waals surface area contributed by atoms with Crippen LogP contribution in [0.3, 0.4) is 0 Å². The third kappa shape index (κ3) is 47.1. The van der Waals surface area contributed by atoms with Crippen molar-refractivity contribution >= 4 is 13.7 Å². The molecule has 0 aromatic heterocycles. The number of aliphatic hydroxyl groups excluding tert-OH is 1. The van der Waals surface area contributed by atoms with E-state index in [4.69, 9.17) is 9.05 Å². The maximum atomic E-state index is 12.9. The smallest absolute Gasteiger partial charge is 0.391 e. The summed E-state index contributed by atoms with van der Waals surface area (Å²) in [5, 5.41) is 13.9. The fourth-order valence-corrected chi connectivity index (χ4v) is 7.31. The Morgan fingerprint density at radius 2 is 0.922 bits per heavy atom. The number of carbonyl (C=O) groups is 1. The van der Waals surface area contributed by atoms with Crippen LogP contribution in [0.5, 0.6) is 0 Å². The Bertz CT molecular complexity index is 1400. The fourth-order valence-electron chi connectivity index (χ4n) is 6.58. The molecule has 3 atom stereocenters. The van der Waals surface area contributed by atoms with Crippen molar-refractivity contribution in [2.75, 3.05) is 40.9 Å². The Labute approximate surface area is 393 Å². The zero-order chi connectivity index (χ0) is 47.1. The number of carbonyl (C=O) groups excluding carboxylic acids is 1. The summed E-state index contributed by atoms with van der Waals surface area (Å²) in [5.41, 5.74) is 0. The molecule has 0 heterocycles. The molecule has 0 saturated heterocycles. The van der Waals surface area contributed by atoms with Crippen molar-refractivity contribution in [3.8, 4) is 0 Å². The van der Waals surface area contributed by atoms with Crippen LogP contribution >= 0.6 is 7.82 Å². The fraction of sp³-hybridized carbons (Fsp3) is 0.655. The van der Waals surface area contributed by atoms with Crippen molar-refractivity contribution in [1.29, 1.82) is 0 Å². The lowest BCUT2D eigenvalue weighted by atomic mass is 10.0. The number of nitrogens with zero attached hydrogens (tertiary/aromatic N) is 1. The second kappa shape index (κ2) is 45.3. The van der Waals surface area contributed by atoms with Gasteiger partial charge < -0.3 is 19.8 Å². The molecule has 0 rings (SSSR count). The molecular weight excluding hydrogens is 816 g/mol. The topological polar surface area (TPSA) is 105 Å². The lowest BCUT2D eigenvalue weighted by molar-refractivity contribution is -0.870.